The summed E-state index contributed by atoms with van der Waals surface area (Å²) in [6.45, 7) is 3.67. The number of carbonyl (C=O) groups excluding carboxylic acids is 1. The molecule has 28 heavy (non-hydrogen) atoms. The monoisotopic (exact) mass is 416 g/mol. The maximum atomic E-state index is 11.8. The molecule has 0 aliphatic heterocycles. The lowest BCUT2D eigenvalue weighted by molar-refractivity contribution is -0.123. The summed E-state index contributed by atoms with van der Waals surface area (Å²) in [5.74, 6) is 0.645. The summed E-state index contributed by atoms with van der Waals surface area (Å²) in [6, 6.07) is 12.2. The summed E-state index contributed by atoms with van der Waals surface area (Å²) in [7, 11) is 0. The number of hydrogen-bond acceptors (Lipinski definition) is 7. The first-order valence-corrected chi connectivity index (χ1v) is 9.47. The zero-order chi connectivity index (χ0) is 19.9. The van der Waals surface area contributed by atoms with Gasteiger partial charge in [0.05, 0.1) is 6.21 Å². The predicted octanol–water partition coefficient (Wildman–Crippen LogP) is 4.02. The number of rotatable bonds is 7. The van der Waals surface area contributed by atoms with Crippen molar-refractivity contribution in [1.82, 2.24) is 15.4 Å². The van der Waals surface area contributed by atoms with E-state index >= 15 is 0 Å². The molecule has 144 valence electrons. The van der Waals surface area contributed by atoms with Gasteiger partial charge in [-0.1, -0.05) is 11.6 Å². The highest BCUT2D eigenvalue weighted by atomic mass is 35.5. The van der Waals surface area contributed by atoms with Gasteiger partial charge >= 0.3 is 0 Å². The third-order valence-corrected chi connectivity index (χ3v) is 4.36. The zero-order valence-corrected chi connectivity index (χ0v) is 16.8. The molecule has 0 radical (unpaired) electrons. The van der Waals surface area contributed by atoms with Crippen molar-refractivity contribution in [1.29, 1.82) is 0 Å². The molecule has 7 nitrogen and oxygen atoms in total. The van der Waals surface area contributed by atoms with Gasteiger partial charge in [-0.3, -0.25) is 4.79 Å². The van der Waals surface area contributed by atoms with Crippen LogP contribution in [0, 0.1) is 13.8 Å². The van der Waals surface area contributed by atoms with Crippen LogP contribution in [0.15, 0.2) is 62.2 Å². The predicted molar refractivity (Wildman–Crippen MR) is 107 cm³/mol. The molecule has 0 atom stereocenters. The third kappa shape index (κ3) is 6.11. The van der Waals surface area contributed by atoms with E-state index in [1.165, 1.54) is 18.0 Å². The Morgan fingerprint density at radius 2 is 1.93 bits per heavy atom. The number of carbonyl (C=O) groups is 1. The summed E-state index contributed by atoms with van der Waals surface area (Å²) >= 11 is 7.11. The van der Waals surface area contributed by atoms with E-state index in [1.54, 1.807) is 36.4 Å². The summed E-state index contributed by atoms with van der Waals surface area (Å²) < 4.78 is 11.0. The highest BCUT2D eigenvalue weighted by Crippen LogP contribution is 2.26. The Morgan fingerprint density at radius 1 is 1.21 bits per heavy atom. The SMILES string of the molecule is Cc1cc(C)nc(Sc2ccc(/C=N/NC(=O)COc3ccc(Cl)cc3)o2)n1. The fourth-order valence-corrected chi connectivity index (χ4v) is 3.13. The smallest absolute Gasteiger partial charge is 0.277 e. The van der Waals surface area contributed by atoms with Crippen molar-refractivity contribution in [2.45, 2.75) is 24.1 Å². The lowest BCUT2D eigenvalue weighted by Gasteiger charge is -2.04. The molecule has 1 amide bonds. The van der Waals surface area contributed by atoms with Gasteiger partial charge in [0.1, 0.15) is 11.5 Å². The van der Waals surface area contributed by atoms with Gasteiger partial charge in [-0.2, -0.15) is 5.10 Å². The average Bonchev–Trinajstić information content (AvgIpc) is 3.07. The van der Waals surface area contributed by atoms with E-state index in [0.717, 1.165) is 11.4 Å². The molecular formula is C19H17ClN4O3S. The summed E-state index contributed by atoms with van der Waals surface area (Å²) in [5.41, 5.74) is 4.17. The molecule has 2 heterocycles. The number of furan rings is 1. The minimum Gasteiger partial charge on any atom is -0.484 e. The van der Waals surface area contributed by atoms with E-state index in [4.69, 9.17) is 20.8 Å². The standard InChI is InChI=1S/C19H17ClN4O3S/c1-12-9-13(2)23-19(22-12)28-18-8-7-16(27-18)10-21-24-17(25)11-26-15-5-3-14(20)4-6-15/h3-10H,11H2,1-2H3,(H,24,25)/b21-10+. The molecule has 1 N–H and O–H groups in total. The van der Waals surface area contributed by atoms with Crippen LogP contribution in [-0.2, 0) is 4.79 Å². The zero-order valence-electron chi connectivity index (χ0n) is 15.2. The topological polar surface area (TPSA) is 89.6 Å². The molecule has 0 saturated heterocycles. The number of nitrogens with zero attached hydrogens (tertiary/aromatic N) is 3. The van der Waals surface area contributed by atoms with Crippen LogP contribution in [0.1, 0.15) is 17.1 Å². The first-order chi connectivity index (χ1) is 13.5. The highest BCUT2D eigenvalue weighted by molar-refractivity contribution is 7.99. The number of aryl methyl sites for hydroxylation is 2. The number of nitrogens with one attached hydrogen (secondary N) is 1. The first kappa shape index (κ1) is 19.9. The van der Waals surface area contributed by atoms with Crippen LogP contribution in [0.2, 0.25) is 5.02 Å². The Labute approximate surface area is 171 Å². The number of ether oxygens (including phenoxy) is 1. The lowest BCUT2D eigenvalue weighted by Crippen LogP contribution is -2.24. The minimum absolute atomic E-state index is 0.164. The largest absolute Gasteiger partial charge is 0.484 e. The van der Waals surface area contributed by atoms with Crippen LogP contribution in [0.5, 0.6) is 5.75 Å². The van der Waals surface area contributed by atoms with Crippen molar-refractivity contribution in [3.8, 4) is 5.75 Å². The minimum atomic E-state index is -0.393. The first-order valence-electron chi connectivity index (χ1n) is 8.28. The van der Waals surface area contributed by atoms with Crippen molar-refractivity contribution in [3.05, 3.63) is 64.6 Å². The molecule has 9 heteroatoms. The molecular weight excluding hydrogens is 400 g/mol. The van der Waals surface area contributed by atoms with Crippen LogP contribution in [0.25, 0.3) is 0 Å². The Morgan fingerprint density at radius 3 is 2.64 bits per heavy atom. The second-order valence-corrected chi connectivity index (χ2v) is 7.14. The van der Waals surface area contributed by atoms with Gasteiger partial charge in [0.25, 0.3) is 5.91 Å². The molecule has 1 aromatic carbocycles. The molecule has 0 bridgehead atoms. The molecule has 3 aromatic rings. The molecule has 3 rings (SSSR count). The van der Waals surface area contributed by atoms with Crippen molar-refractivity contribution < 1.29 is 13.9 Å². The van der Waals surface area contributed by atoms with Gasteiger partial charge in [-0.25, -0.2) is 15.4 Å². The highest BCUT2D eigenvalue weighted by Gasteiger charge is 2.07. The summed E-state index contributed by atoms with van der Waals surface area (Å²) in [4.78, 5) is 20.5. The molecule has 0 unspecified atom stereocenters. The molecule has 0 aliphatic carbocycles. The van der Waals surface area contributed by atoms with E-state index in [9.17, 15) is 4.79 Å². The third-order valence-electron chi connectivity index (χ3n) is 3.32. The van der Waals surface area contributed by atoms with Gasteiger partial charge in [0.2, 0.25) is 0 Å². The van der Waals surface area contributed by atoms with Crippen LogP contribution in [0.3, 0.4) is 0 Å². The van der Waals surface area contributed by atoms with Crippen molar-refractivity contribution in [3.63, 3.8) is 0 Å². The van der Waals surface area contributed by atoms with Gasteiger partial charge < -0.3 is 9.15 Å². The van der Waals surface area contributed by atoms with E-state index in [1.807, 2.05) is 19.9 Å². The van der Waals surface area contributed by atoms with Gasteiger partial charge in [-0.05, 0) is 68.1 Å². The second-order valence-electron chi connectivity index (χ2n) is 5.73. The Bertz CT molecular complexity index is 969. The Hall–Kier alpha value is -2.84. The fourth-order valence-electron chi connectivity index (χ4n) is 2.17. The van der Waals surface area contributed by atoms with Gasteiger partial charge in [0, 0.05) is 16.4 Å². The lowest BCUT2D eigenvalue weighted by atomic mass is 10.3. The van der Waals surface area contributed by atoms with Crippen LogP contribution in [0.4, 0.5) is 0 Å². The number of amides is 1. The second kappa shape index (κ2) is 9.38. The van der Waals surface area contributed by atoms with Crippen molar-refractivity contribution >= 4 is 35.5 Å². The Balaban J connectivity index is 1.48. The number of halogens is 1. The average molecular weight is 417 g/mol. The summed E-state index contributed by atoms with van der Waals surface area (Å²) in [5, 5.41) is 5.70. The van der Waals surface area contributed by atoms with Gasteiger partial charge in [0.15, 0.2) is 16.9 Å². The van der Waals surface area contributed by atoms with Crippen molar-refractivity contribution in [2.75, 3.05) is 6.61 Å². The molecule has 0 saturated carbocycles. The molecule has 0 spiro atoms. The van der Waals surface area contributed by atoms with Crippen LogP contribution in [-0.4, -0.2) is 28.7 Å². The number of hydrazone groups is 1. The normalized spacial score (nSPS) is 11.0. The maximum absolute atomic E-state index is 11.8. The Kier molecular flexibility index (Phi) is 6.67. The number of hydrogen-bond donors (Lipinski definition) is 1. The number of benzene rings is 1. The van der Waals surface area contributed by atoms with Crippen molar-refractivity contribution in [2.24, 2.45) is 5.10 Å². The van der Waals surface area contributed by atoms with Gasteiger partial charge in [-0.15, -0.1) is 0 Å². The van der Waals surface area contributed by atoms with E-state index in [2.05, 4.69) is 20.5 Å². The van der Waals surface area contributed by atoms with Crippen LogP contribution < -0.4 is 10.2 Å². The quantitative estimate of drug-likeness (QED) is 0.355. The fraction of sp³-hybridized carbons (Fsp3) is 0.158. The number of aromatic nitrogens is 2. The van der Waals surface area contributed by atoms with E-state index < -0.39 is 5.91 Å². The van der Waals surface area contributed by atoms with Crippen LogP contribution >= 0.6 is 23.4 Å². The van der Waals surface area contributed by atoms with E-state index in [-0.39, 0.29) is 6.61 Å². The maximum Gasteiger partial charge on any atom is 0.277 e. The molecule has 0 fully saturated rings. The molecule has 0 aliphatic rings. The summed E-state index contributed by atoms with van der Waals surface area (Å²) in [6.07, 6.45) is 1.41. The molecule has 2 aromatic heterocycles. The van der Waals surface area contributed by atoms with E-state index in [0.29, 0.717) is 26.8 Å².